The minimum Gasteiger partial charge on any atom is -0.493 e. The van der Waals surface area contributed by atoms with Crippen molar-refractivity contribution < 1.29 is 14.3 Å². The molecular weight excluding hydrogens is 290 g/mol. The molecule has 1 rings (SSSR count). The van der Waals surface area contributed by atoms with Gasteiger partial charge in [0.25, 0.3) is 5.91 Å². The fourth-order valence-corrected chi connectivity index (χ4v) is 1.93. The first-order valence-corrected chi connectivity index (χ1v) is 7.55. The SMILES string of the molecule is CCCOc1c(Cl)cc(C(=O)NC(C)(C)CC)cc1OC. The van der Waals surface area contributed by atoms with Crippen molar-refractivity contribution in [2.75, 3.05) is 13.7 Å². The number of rotatable bonds is 7. The van der Waals surface area contributed by atoms with Gasteiger partial charge in [0, 0.05) is 11.1 Å². The molecule has 0 spiro atoms. The van der Waals surface area contributed by atoms with Crippen molar-refractivity contribution >= 4 is 17.5 Å². The molecule has 1 N–H and O–H groups in total. The van der Waals surface area contributed by atoms with E-state index in [4.69, 9.17) is 21.1 Å². The molecule has 1 aromatic rings. The summed E-state index contributed by atoms with van der Waals surface area (Å²) >= 11 is 6.21. The summed E-state index contributed by atoms with van der Waals surface area (Å²) in [6.45, 7) is 8.53. The van der Waals surface area contributed by atoms with Gasteiger partial charge in [-0.2, -0.15) is 0 Å². The average Bonchev–Trinajstić information content (AvgIpc) is 2.44. The van der Waals surface area contributed by atoms with Gasteiger partial charge in [-0.25, -0.2) is 0 Å². The van der Waals surface area contributed by atoms with Crippen molar-refractivity contribution in [1.82, 2.24) is 5.32 Å². The summed E-state index contributed by atoms with van der Waals surface area (Å²) in [7, 11) is 1.53. The van der Waals surface area contributed by atoms with Gasteiger partial charge in [-0.3, -0.25) is 4.79 Å². The van der Waals surface area contributed by atoms with Crippen LogP contribution in [0.4, 0.5) is 0 Å². The van der Waals surface area contributed by atoms with E-state index in [2.05, 4.69) is 5.32 Å². The summed E-state index contributed by atoms with van der Waals surface area (Å²) in [5.41, 5.74) is 0.191. The number of ether oxygens (including phenoxy) is 2. The Morgan fingerprint density at radius 2 is 2.00 bits per heavy atom. The zero-order valence-corrected chi connectivity index (χ0v) is 14.1. The van der Waals surface area contributed by atoms with Crippen LogP contribution in [0.1, 0.15) is 50.9 Å². The van der Waals surface area contributed by atoms with Crippen LogP contribution in [-0.4, -0.2) is 25.2 Å². The Hall–Kier alpha value is -1.42. The van der Waals surface area contributed by atoms with Crippen molar-refractivity contribution in [2.45, 2.75) is 46.1 Å². The fraction of sp³-hybridized carbons (Fsp3) is 0.562. The number of nitrogens with one attached hydrogen (secondary N) is 1. The monoisotopic (exact) mass is 313 g/mol. The highest BCUT2D eigenvalue weighted by atomic mass is 35.5. The van der Waals surface area contributed by atoms with Crippen molar-refractivity contribution in [1.29, 1.82) is 0 Å². The number of amides is 1. The van der Waals surface area contributed by atoms with Gasteiger partial charge >= 0.3 is 0 Å². The predicted molar refractivity (Wildman–Crippen MR) is 85.6 cm³/mol. The molecule has 5 heteroatoms. The van der Waals surface area contributed by atoms with E-state index in [1.54, 1.807) is 12.1 Å². The van der Waals surface area contributed by atoms with Gasteiger partial charge in [0.15, 0.2) is 11.5 Å². The van der Waals surface area contributed by atoms with Crippen LogP contribution in [0.5, 0.6) is 11.5 Å². The first-order valence-electron chi connectivity index (χ1n) is 7.17. The van der Waals surface area contributed by atoms with E-state index >= 15 is 0 Å². The highest BCUT2D eigenvalue weighted by Crippen LogP contribution is 2.36. The molecule has 118 valence electrons. The topological polar surface area (TPSA) is 47.6 Å². The first-order chi connectivity index (χ1) is 9.84. The Kier molecular flexibility index (Phi) is 6.34. The number of methoxy groups -OCH3 is 1. The maximum Gasteiger partial charge on any atom is 0.251 e. The molecule has 0 saturated carbocycles. The third-order valence-corrected chi connectivity index (χ3v) is 3.56. The number of hydrogen-bond donors (Lipinski definition) is 1. The van der Waals surface area contributed by atoms with Crippen LogP contribution < -0.4 is 14.8 Å². The standard InChI is InChI=1S/C16H24ClNO3/c1-6-8-21-14-12(17)9-11(10-13(14)20-5)15(19)18-16(3,4)7-2/h9-10H,6-8H2,1-5H3,(H,18,19). The molecule has 1 amide bonds. The maximum atomic E-state index is 12.3. The van der Waals surface area contributed by atoms with E-state index in [1.807, 2.05) is 27.7 Å². The van der Waals surface area contributed by atoms with E-state index in [0.717, 1.165) is 12.8 Å². The molecule has 0 unspecified atom stereocenters. The van der Waals surface area contributed by atoms with Crippen molar-refractivity contribution in [3.8, 4) is 11.5 Å². The van der Waals surface area contributed by atoms with E-state index < -0.39 is 0 Å². The number of carbonyl (C=O) groups is 1. The summed E-state index contributed by atoms with van der Waals surface area (Å²) in [5, 5.41) is 3.35. The second-order valence-corrected chi connectivity index (χ2v) is 5.94. The molecular formula is C16H24ClNO3. The fourth-order valence-electron chi connectivity index (χ4n) is 1.66. The summed E-state index contributed by atoms with van der Waals surface area (Å²) in [4.78, 5) is 12.3. The average molecular weight is 314 g/mol. The van der Waals surface area contributed by atoms with E-state index in [1.165, 1.54) is 7.11 Å². The van der Waals surface area contributed by atoms with E-state index in [-0.39, 0.29) is 11.4 Å². The Morgan fingerprint density at radius 1 is 1.33 bits per heavy atom. The third kappa shape index (κ3) is 4.81. The van der Waals surface area contributed by atoms with Crippen molar-refractivity contribution in [3.05, 3.63) is 22.7 Å². The van der Waals surface area contributed by atoms with Gasteiger partial charge in [0.2, 0.25) is 0 Å². The minimum absolute atomic E-state index is 0.177. The lowest BCUT2D eigenvalue weighted by atomic mass is 10.0. The number of hydrogen-bond acceptors (Lipinski definition) is 3. The lowest BCUT2D eigenvalue weighted by molar-refractivity contribution is 0.0911. The quantitative estimate of drug-likeness (QED) is 0.826. The van der Waals surface area contributed by atoms with Gasteiger partial charge in [0.1, 0.15) is 0 Å². The molecule has 0 saturated heterocycles. The summed E-state index contributed by atoms with van der Waals surface area (Å²) < 4.78 is 10.9. The molecule has 0 radical (unpaired) electrons. The van der Waals surface area contributed by atoms with Gasteiger partial charge in [-0.1, -0.05) is 25.4 Å². The van der Waals surface area contributed by atoms with E-state index in [9.17, 15) is 4.79 Å². The summed E-state index contributed by atoms with van der Waals surface area (Å²) in [5.74, 6) is 0.770. The van der Waals surface area contributed by atoms with Crippen LogP contribution >= 0.6 is 11.6 Å². The Morgan fingerprint density at radius 3 is 2.52 bits per heavy atom. The molecule has 0 aliphatic heterocycles. The van der Waals surface area contributed by atoms with Gasteiger partial charge in [0.05, 0.1) is 18.7 Å². The van der Waals surface area contributed by atoms with Crippen molar-refractivity contribution in [3.63, 3.8) is 0 Å². The Labute approximate surface area is 131 Å². The number of carbonyl (C=O) groups excluding carboxylic acids is 1. The highest BCUT2D eigenvalue weighted by Gasteiger charge is 2.21. The van der Waals surface area contributed by atoms with Gasteiger partial charge < -0.3 is 14.8 Å². The predicted octanol–water partition coefficient (Wildman–Crippen LogP) is 4.06. The Bertz CT molecular complexity index is 501. The molecule has 0 fully saturated rings. The van der Waals surface area contributed by atoms with Crippen LogP contribution in [-0.2, 0) is 0 Å². The first kappa shape index (κ1) is 17.6. The lowest BCUT2D eigenvalue weighted by Gasteiger charge is -2.24. The molecule has 0 aliphatic carbocycles. The van der Waals surface area contributed by atoms with Gasteiger partial charge in [-0.15, -0.1) is 0 Å². The summed E-state index contributed by atoms with van der Waals surface area (Å²) in [6.07, 6.45) is 1.70. The third-order valence-electron chi connectivity index (χ3n) is 3.28. The molecule has 0 heterocycles. The van der Waals surface area contributed by atoms with Crippen LogP contribution in [0.25, 0.3) is 0 Å². The minimum atomic E-state index is -0.270. The highest BCUT2D eigenvalue weighted by molar-refractivity contribution is 6.32. The van der Waals surface area contributed by atoms with Crippen LogP contribution in [0, 0.1) is 0 Å². The normalized spacial score (nSPS) is 11.1. The zero-order valence-electron chi connectivity index (χ0n) is 13.4. The van der Waals surface area contributed by atoms with Crippen LogP contribution in [0.2, 0.25) is 5.02 Å². The van der Waals surface area contributed by atoms with Gasteiger partial charge in [-0.05, 0) is 38.8 Å². The zero-order chi connectivity index (χ0) is 16.0. The smallest absolute Gasteiger partial charge is 0.251 e. The maximum absolute atomic E-state index is 12.3. The Balaban J connectivity index is 3.05. The van der Waals surface area contributed by atoms with Crippen LogP contribution in [0.3, 0.4) is 0 Å². The molecule has 0 bridgehead atoms. The second kappa shape index (κ2) is 7.55. The molecule has 0 aromatic heterocycles. The second-order valence-electron chi connectivity index (χ2n) is 5.53. The molecule has 0 atom stereocenters. The van der Waals surface area contributed by atoms with Crippen molar-refractivity contribution in [2.24, 2.45) is 0 Å². The largest absolute Gasteiger partial charge is 0.493 e. The molecule has 4 nitrogen and oxygen atoms in total. The molecule has 21 heavy (non-hydrogen) atoms. The molecule has 0 aliphatic rings. The number of halogens is 1. The van der Waals surface area contributed by atoms with E-state index in [0.29, 0.717) is 28.7 Å². The lowest BCUT2D eigenvalue weighted by Crippen LogP contribution is -2.42. The number of benzene rings is 1. The molecule has 1 aromatic carbocycles. The summed E-state index contributed by atoms with van der Waals surface area (Å²) in [6, 6.07) is 3.26. The van der Waals surface area contributed by atoms with Crippen LogP contribution in [0.15, 0.2) is 12.1 Å².